The number of benzene rings is 5. The van der Waals surface area contributed by atoms with E-state index in [9.17, 15) is 4.79 Å². The van der Waals surface area contributed by atoms with Crippen LogP contribution in [0.1, 0.15) is 54.7 Å². The fourth-order valence-electron chi connectivity index (χ4n) is 6.91. The lowest BCUT2D eigenvalue weighted by atomic mass is 9.77. The highest BCUT2D eigenvalue weighted by atomic mass is 16.6. The van der Waals surface area contributed by atoms with E-state index in [1.807, 2.05) is 111 Å². The zero-order chi connectivity index (χ0) is 34.3. The van der Waals surface area contributed by atoms with E-state index in [1.165, 1.54) is 0 Å². The minimum absolute atomic E-state index is 0.154. The van der Waals surface area contributed by atoms with Crippen molar-refractivity contribution in [3.05, 3.63) is 125 Å². The highest BCUT2D eigenvalue weighted by Crippen LogP contribution is 2.59. The van der Waals surface area contributed by atoms with Crippen molar-refractivity contribution in [2.75, 3.05) is 37.1 Å². The summed E-state index contributed by atoms with van der Waals surface area (Å²) < 4.78 is 31.2. The molecular weight excluding hydrogens is 616 g/mol. The van der Waals surface area contributed by atoms with Crippen molar-refractivity contribution in [3.63, 3.8) is 0 Å². The Hall–Kier alpha value is -5.63. The van der Waals surface area contributed by atoms with Crippen LogP contribution >= 0.6 is 0 Å². The average Bonchev–Trinajstić information content (AvgIpc) is 3.41. The monoisotopic (exact) mass is 656 g/mol. The number of fused-ring (bicyclic) bond motifs is 6. The molecule has 0 fully saturated rings. The molecule has 1 atom stereocenters. The smallest absolute Gasteiger partial charge is 0.340 e. The second-order valence-electron chi connectivity index (χ2n) is 12.3. The van der Waals surface area contributed by atoms with Gasteiger partial charge in [0.25, 0.3) is 0 Å². The Bertz CT molecular complexity index is 1990. The number of anilines is 4. The van der Waals surface area contributed by atoms with Gasteiger partial charge < -0.3 is 33.5 Å². The van der Waals surface area contributed by atoms with Gasteiger partial charge in [-0.15, -0.1) is 0 Å². The zero-order valence-corrected chi connectivity index (χ0v) is 28.7. The molecule has 1 spiro atoms. The summed E-state index contributed by atoms with van der Waals surface area (Å²) in [4.78, 5) is 18.1. The predicted molar refractivity (Wildman–Crippen MR) is 192 cm³/mol. The van der Waals surface area contributed by atoms with Crippen molar-refractivity contribution in [2.24, 2.45) is 0 Å². The predicted octanol–water partition coefficient (Wildman–Crippen LogP) is 9.38. The standard InChI is InChI=1S/C41H40N2O6/c1-7-42(8-2)27-19-20-34-37(23-27)48-38-25-39(47-26(3)4)36(24-35(38)41(34)33-18-10-9-17-32(33)40(44)49-41)43(28-13-11-15-30(21-28)45-5)29-14-12-16-31(22-29)46-6/h9-26H,7-8H2,1-6H3. The van der Waals surface area contributed by atoms with Gasteiger partial charge in [-0.2, -0.15) is 0 Å². The molecule has 2 aliphatic heterocycles. The third kappa shape index (κ3) is 5.37. The number of carbonyl (C=O) groups excluding carboxylic acids is 1. The van der Waals surface area contributed by atoms with Gasteiger partial charge in [-0.25, -0.2) is 4.79 Å². The van der Waals surface area contributed by atoms with Crippen molar-refractivity contribution >= 4 is 28.7 Å². The van der Waals surface area contributed by atoms with Gasteiger partial charge in [0.2, 0.25) is 0 Å². The van der Waals surface area contributed by atoms with E-state index < -0.39 is 5.60 Å². The van der Waals surface area contributed by atoms with Gasteiger partial charge in [-0.1, -0.05) is 30.3 Å². The van der Waals surface area contributed by atoms with E-state index in [2.05, 4.69) is 29.7 Å². The maximum absolute atomic E-state index is 13.7. The van der Waals surface area contributed by atoms with E-state index in [0.717, 1.165) is 47.0 Å². The second kappa shape index (κ2) is 12.8. The Morgan fingerprint density at radius 3 is 1.98 bits per heavy atom. The van der Waals surface area contributed by atoms with Crippen LogP contribution in [-0.4, -0.2) is 39.4 Å². The number of hydrogen-bond acceptors (Lipinski definition) is 8. The van der Waals surface area contributed by atoms with E-state index in [1.54, 1.807) is 14.2 Å². The maximum Gasteiger partial charge on any atom is 0.340 e. The second-order valence-corrected chi connectivity index (χ2v) is 12.3. The Labute approximate surface area is 287 Å². The fourth-order valence-corrected chi connectivity index (χ4v) is 6.91. The maximum atomic E-state index is 13.7. The van der Waals surface area contributed by atoms with Crippen LogP contribution in [0.15, 0.2) is 103 Å². The van der Waals surface area contributed by atoms with Crippen molar-refractivity contribution in [1.29, 1.82) is 0 Å². The van der Waals surface area contributed by atoms with Gasteiger partial charge in [0, 0.05) is 71.1 Å². The molecule has 0 N–H and O–H groups in total. The van der Waals surface area contributed by atoms with Gasteiger partial charge in [0.05, 0.1) is 31.6 Å². The van der Waals surface area contributed by atoms with E-state index in [0.29, 0.717) is 39.9 Å². The fraction of sp³-hybridized carbons (Fsp3) is 0.244. The Kier molecular flexibility index (Phi) is 8.32. The number of esters is 1. The van der Waals surface area contributed by atoms with Gasteiger partial charge in [0.1, 0.15) is 28.7 Å². The van der Waals surface area contributed by atoms with Crippen molar-refractivity contribution in [1.82, 2.24) is 0 Å². The summed E-state index contributed by atoms with van der Waals surface area (Å²) >= 11 is 0. The average molecular weight is 657 g/mol. The molecule has 8 heteroatoms. The van der Waals surface area contributed by atoms with Crippen molar-refractivity contribution in [3.8, 4) is 28.7 Å². The normalized spacial score (nSPS) is 15.5. The molecule has 7 rings (SSSR count). The molecule has 8 nitrogen and oxygen atoms in total. The molecule has 0 amide bonds. The molecule has 0 saturated carbocycles. The highest BCUT2D eigenvalue weighted by molar-refractivity contribution is 5.97. The van der Waals surface area contributed by atoms with E-state index >= 15 is 0 Å². The number of carbonyl (C=O) groups is 1. The van der Waals surface area contributed by atoms with Crippen molar-refractivity contribution in [2.45, 2.75) is 39.4 Å². The summed E-state index contributed by atoms with van der Waals surface area (Å²) in [6.45, 7) is 9.93. The van der Waals surface area contributed by atoms with E-state index in [4.69, 9.17) is 23.7 Å². The molecule has 5 aromatic carbocycles. The molecule has 0 aliphatic carbocycles. The Morgan fingerprint density at radius 1 is 0.694 bits per heavy atom. The van der Waals surface area contributed by atoms with Crippen LogP contribution < -0.4 is 28.7 Å². The number of nitrogens with zero attached hydrogens (tertiary/aromatic N) is 2. The molecule has 0 saturated heterocycles. The first-order valence-electron chi connectivity index (χ1n) is 16.6. The van der Waals surface area contributed by atoms with Crippen molar-refractivity contribution < 1.29 is 28.5 Å². The molecule has 0 aromatic heterocycles. The highest BCUT2D eigenvalue weighted by Gasteiger charge is 2.54. The third-order valence-electron chi connectivity index (χ3n) is 9.13. The van der Waals surface area contributed by atoms with Crippen LogP contribution in [0.2, 0.25) is 0 Å². The lowest BCUT2D eigenvalue weighted by Gasteiger charge is -2.38. The quantitative estimate of drug-likeness (QED) is 0.138. The molecule has 0 radical (unpaired) electrons. The Balaban J connectivity index is 1.54. The Morgan fingerprint density at radius 2 is 1.35 bits per heavy atom. The number of rotatable bonds is 10. The van der Waals surface area contributed by atoms with Crippen LogP contribution in [0.3, 0.4) is 0 Å². The summed E-state index contributed by atoms with van der Waals surface area (Å²) in [5, 5.41) is 0. The molecule has 1 unspecified atom stereocenters. The minimum Gasteiger partial charge on any atom is -0.497 e. The molecule has 2 aliphatic rings. The summed E-state index contributed by atoms with van der Waals surface area (Å²) in [5.41, 5.74) is 4.88. The van der Waals surface area contributed by atoms with Crippen LogP contribution in [0.5, 0.6) is 28.7 Å². The van der Waals surface area contributed by atoms with E-state index in [-0.39, 0.29) is 12.1 Å². The zero-order valence-electron chi connectivity index (χ0n) is 28.7. The summed E-state index contributed by atoms with van der Waals surface area (Å²) in [6.07, 6.45) is -0.154. The molecule has 5 aromatic rings. The van der Waals surface area contributed by atoms with Gasteiger partial charge in [0.15, 0.2) is 5.60 Å². The first kappa shape index (κ1) is 31.9. The van der Waals surface area contributed by atoms with Crippen LogP contribution in [0.25, 0.3) is 0 Å². The number of ether oxygens (including phenoxy) is 5. The van der Waals surface area contributed by atoms with Crippen LogP contribution in [0, 0.1) is 0 Å². The molecule has 2 heterocycles. The summed E-state index contributed by atoms with van der Waals surface area (Å²) in [6, 6.07) is 33.4. The number of methoxy groups -OCH3 is 2. The van der Waals surface area contributed by atoms with Gasteiger partial charge in [-0.05, 0) is 76.2 Å². The van der Waals surface area contributed by atoms with Crippen LogP contribution in [0.4, 0.5) is 22.7 Å². The number of hydrogen-bond donors (Lipinski definition) is 0. The minimum atomic E-state index is -1.27. The molecular formula is C41H40N2O6. The summed E-state index contributed by atoms with van der Waals surface area (Å²) in [7, 11) is 3.30. The topological polar surface area (TPSA) is 69.7 Å². The lowest BCUT2D eigenvalue weighted by Crippen LogP contribution is -2.33. The molecule has 49 heavy (non-hydrogen) atoms. The molecule has 250 valence electrons. The van der Waals surface area contributed by atoms with Gasteiger partial charge in [-0.3, -0.25) is 0 Å². The first-order valence-corrected chi connectivity index (χ1v) is 16.6. The largest absolute Gasteiger partial charge is 0.497 e. The SMILES string of the molecule is CCN(CC)c1ccc2c(c1)Oc1cc(OC(C)C)c(N(c3cccc(OC)c3)c3cccc(OC)c3)cc1C21OC(=O)c2ccccc21. The van der Waals surface area contributed by atoms with Gasteiger partial charge >= 0.3 is 5.97 Å². The summed E-state index contributed by atoms with van der Waals surface area (Å²) in [5.74, 6) is 2.78. The lowest BCUT2D eigenvalue weighted by molar-refractivity contribution is 0.0224. The first-order chi connectivity index (χ1) is 23.8. The molecule has 0 bridgehead atoms. The van der Waals surface area contributed by atoms with Crippen LogP contribution in [-0.2, 0) is 10.3 Å². The third-order valence-corrected chi connectivity index (χ3v) is 9.13.